The average Bonchev–Trinajstić information content (AvgIpc) is 2.33. The molecule has 0 amide bonds. The van der Waals surface area contributed by atoms with E-state index >= 15 is 0 Å². The van der Waals surface area contributed by atoms with Gasteiger partial charge in [-0.05, 0) is 19.6 Å². The van der Waals surface area contributed by atoms with Crippen molar-refractivity contribution in [3.8, 4) is 0 Å². The zero-order valence-electron chi connectivity index (χ0n) is 13.2. The predicted octanol–water partition coefficient (Wildman–Crippen LogP) is 3.09. The SMILES string of the molecule is CC[Si](CC)(CC)C(C(=O)OC)S(=O)O[Si](C)(C)C. The van der Waals surface area contributed by atoms with Crippen molar-refractivity contribution in [1.82, 2.24) is 0 Å². The van der Waals surface area contributed by atoms with Crippen molar-refractivity contribution >= 4 is 33.4 Å². The Hall–Kier alpha value is 0.0138. The van der Waals surface area contributed by atoms with E-state index < -0.39 is 32.3 Å². The lowest BCUT2D eigenvalue weighted by molar-refractivity contribution is -0.138. The van der Waals surface area contributed by atoms with Crippen LogP contribution in [0.1, 0.15) is 20.8 Å². The Labute approximate surface area is 122 Å². The topological polar surface area (TPSA) is 52.6 Å². The first-order valence-electron chi connectivity index (χ1n) is 6.85. The van der Waals surface area contributed by atoms with Gasteiger partial charge in [-0.1, -0.05) is 38.9 Å². The molecule has 0 spiro atoms. The van der Waals surface area contributed by atoms with Gasteiger partial charge in [0.25, 0.3) is 0 Å². The van der Waals surface area contributed by atoms with Crippen molar-refractivity contribution in [2.24, 2.45) is 0 Å². The molecule has 0 aliphatic carbocycles. The van der Waals surface area contributed by atoms with Crippen LogP contribution in [0.5, 0.6) is 0 Å². The summed E-state index contributed by atoms with van der Waals surface area (Å²) in [4.78, 5) is 11.6. The smallest absolute Gasteiger partial charge is 0.320 e. The molecule has 0 heterocycles. The summed E-state index contributed by atoms with van der Waals surface area (Å²) in [5.41, 5.74) is 0. The highest BCUT2D eigenvalue weighted by atomic mass is 32.2. The van der Waals surface area contributed by atoms with Gasteiger partial charge in [-0.3, -0.25) is 4.79 Å². The standard InChI is InChI=1S/C12H28O4SSi2/c1-8-19(9-2,10-3)12(11(13)15-4)17(14)16-18(5,6)7/h12H,8-10H2,1-7H3. The number of methoxy groups -OCH3 is 1. The first-order chi connectivity index (χ1) is 8.67. The van der Waals surface area contributed by atoms with Crippen molar-refractivity contribution in [2.45, 2.75) is 63.4 Å². The zero-order chi connectivity index (χ0) is 15.3. The van der Waals surface area contributed by atoms with Gasteiger partial charge in [-0.2, -0.15) is 0 Å². The third kappa shape index (κ3) is 5.13. The van der Waals surface area contributed by atoms with Crippen LogP contribution in [0, 0.1) is 0 Å². The third-order valence-corrected chi connectivity index (χ3v) is 14.5. The Bertz CT molecular complexity index is 316. The molecule has 0 aliphatic rings. The lowest BCUT2D eigenvalue weighted by atomic mass is 10.8. The molecule has 0 radical (unpaired) electrons. The van der Waals surface area contributed by atoms with E-state index in [1.165, 1.54) is 7.11 Å². The van der Waals surface area contributed by atoms with Crippen molar-refractivity contribution in [1.29, 1.82) is 0 Å². The molecule has 2 atom stereocenters. The van der Waals surface area contributed by atoms with Gasteiger partial charge in [0.2, 0.25) is 8.32 Å². The van der Waals surface area contributed by atoms with E-state index in [-0.39, 0.29) is 5.97 Å². The molecule has 0 aromatic heterocycles. The third-order valence-electron chi connectivity index (χ3n) is 3.61. The van der Waals surface area contributed by atoms with Gasteiger partial charge >= 0.3 is 5.97 Å². The monoisotopic (exact) mass is 324 g/mol. The molecular formula is C12H28O4SSi2. The van der Waals surface area contributed by atoms with Crippen LogP contribution in [0.2, 0.25) is 37.8 Å². The van der Waals surface area contributed by atoms with E-state index in [0.717, 1.165) is 18.1 Å². The van der Waals surface area contributed by atoms with Crippen LogP contribution < -0.4 is 0 Å². The number of carbonyl (C=O) groups excluding carboxylic acids is 1. The molecule has 7 heteroatoms. The van der Waals surface area contributed by atoms with Gasteiger partial charge < -0.3 is 8.61 Å². The second-order valence-corrected chi connectivity index (χ2v) is 17.5. The minimum atomic E-state index is -1.97. The van der Waals surface area contributed by atoms with Crippen LogP contribution >= 0.6 is 0 Å². The zero-order valence-corrected chi connectivity index (χ0v) is 16.1. The average molecular weight is 325 g/mol. The van der Waals surface area contributed by atoms with E-state index in [1.54, 1.807) is 0 Å². The quantitative estimate of drug-likeness (QED) is 0.508. The maximum absolute atomic E-state index is 12.5. The minimum Gasteiger partial charge on any atom is -0.468 e. The molecule has 114 valence electrons. The largest absolute Gasteiger partial charge is 0.468 e. The predicted molar refractivity (Wildman–Crippen MR) is 85.6 cm³/mol. The van der Waals surface area contributed by atoms with Crippen LogP contribution in [0.4, 0.5) is 0 Å². The molecule has 2 unspecified atom stereocenters. The van der Waals surface area contributed by atoms with Gasteiger partial charge in [0.15, 0.2) is 11.1 Å². The van der Waals surface area contributed by atoms with E-state index in [0.29, 0.717) is 0 Å². The number of hydrogen-bond acceptors (Lipinski definition) is 4. The maximum atomic E-state index is 12.5. The highest BCUT2D eigenvalue weighted by Crippen LogP contribution is 2.30. The Morgan fingerprint density at radius 2 is 1.53 bits per heavy atom. The van der Waals surface area contributed by atoms with Gasteiger partial charge in [0, 0.05) is 0 Å². The van der Waals surface area contributed by atoms with Gasteiger partial charge in [0.1, 0.15) is 4.87 Å². The summed E-state index contributed by atoms with van der Waals surface area (Å²) in [6.07, 6.45) is 0. The van der Waals surface area contributed by atoms with Crippen molar-refractivity contribution in [3.05, 3.63) is 0 Å². The van der Waals surface area contributed by atoms with Crippen molar-refractivity contribution < 1.29 is 17.6 Å². The Kier molecular flexibility index (Phi) is 7.71. The summed E-state index contributed by atoms with van der Waals surface area (Å²) in [6, 6.07) is 2.75. The molecule has 0 N–H and O–H groups in total. The highest BCUT2D eigenvalue weighted by Gasteiger charge is 2.47. The molecule has 0 saturated carbocycles. The van der Waals surface area contributed by atoms with Gasteiger partial charge in [-0.25, -0.2) is 4.21 Å². The van der Waals surface area contributed by atoms with Crippen molar-refractivity contribution in [3.63, 3.8) is 0 Å². The molecule has 4 nitrogen and oxygen atoms in total. The Balaban J connectivity index is 5.44. The van der Waals surface area contributed by atoms with Crippen LogP contribution in [0.25, 0.3) is 0 Å². The van der Waals surface area contributed by atoms with Crippen molar-refractivity contribution in [2.75, 3.05) is 7.11 Å². The highest BCUT2D eigenvalue weighted by molar-refractivity contribution is 7.85. The van der Waals surface area contributed by atoms with Gasteiger partial charge in [0.05, 0.1) is 15.2 Å². The van der Waals surface area contributed by atoms with Crippen LogP contribution in [-0.2, 0) is 24.5 Å². The second-order valence-electron chi connectivity index (χ2n) is 5.78. The fourth-order valence-corrected chi connectivity index (χ4v) is 11.6. The summed E-state index contributed by atoms with van der Waals surface area (Å²) >= 11 is -1.58. The molecule has 0 aromatic rings. The maximum Gasteiger partial charge on any atom is 0.320 e. The fourth-order valence-electron chi connectivity index (χ4n) is 2.24. The van der Waals surface area contributed by atoms with E-state index in [2.05, 4.69) is 20.8 Å². The molecular weight excluding hydrogens is 296 g/mol. The molecule has 0 aliphatic heterocycles. The lowest BCUT2D eigenvalue weighted by Crippen LogP contribution is -2.54. The Morgan fingerprint density at radius 1 is 1.11 bits per heavy atom. The number of rotatable bonds is 8. The lowest BCUT2D eigenvalue weighted by Gasteiger charge is -2.35. The minimum absolute atomic E-state index is 0.367. The fraction of sp³-hybridized carbons (Fsp3) is 0.917. The second kappa shape index (κ2) is 7.71. The van der Waals surface area contributed by atoms with Crippen LogP contribution in [0.15, 0.2) is 0 Å². The molecule has 0 saturated heterocycles. The number of ether oxygens (including phenoxy) is 1. The normalized spacial score (nSPS) is 15.9. The molecule has 0 bridgehead atoms. The summed E-state index contributed by atoms with van der Waals surface area (Å²) in [6.45, 7) is 12.2. The Morgan fingerprint density at radius 3 is 1.79 bits per heavy atom. The molecule has 0 rings (SSSR count). The number of hydrogen-bond donors (Lipinski definition) is 0. The first kappa shape index (κ1) is 19.0. The first-order valence-corrected chi connectivity index (χ1v) is 14.1. The number of esters is 1. The van der Waals surface area contributed by atoms with E-state index in [1.807, 2.05) is 19.6 Å². The number of carbonyl (C=O) groups is 1. The van der Waals surface area contributed by atoms with Gasteiger partial charge in [-0.15, -0.1) is 0 Å². The van der Waals surface area contributed by atoms with Crippen LogP contribution in [0.3, 0.4) is 0 Å². The summed E-state index contributed by atoms with van der Waals surface area (Å²) in [5.74, 6) is -0.367. The molecule has 0 fully saturated rings. The van der Waals surface area contributed by atoms with Crippen LogP contribution in [-0.4, -0.2) is 38.6 Å². The molecule has 0 aromatic carbocycles. The van der Waals surface area contributed by atoms with E-state index in [9.17, 15) is 9.00 Å². The molecule has 19 heavy (non-hydrogen) atoms. The summed E-state index contributed by atoms with van der Waals surface area (Å²) in [7, 11) is -2.55. The summed E-state index contributed by atoms with van der Waals surface area (Å²) < 4.78 is 23.1. The summed E-state index contributed by atoms with van der Waals surface area (Å²) in [5, 5.41) is 0. The van der Waals surface area contributed by atoms with E-state index in [4.69, 9.17) is 8.61 Å².